The second-order valence-electron chi connectivity index (χ2n) is 11.4. The molecule has 4 aliphatic rings. The van der Waals surface area contributed by atoms with Crippen LogP contribution in [0.15, 0.2) is 25.3 Å². The van der Waals surface area contributed by atoms with Crippen LogP contribution in [0.25, 0.3) is 0 Å². The second kappa shape index (κ2) is 12.5. The summed E-state index contributed by atoms with van der Waals surface area (Å²) >= 11 is 5.43. The fourth-order valence-corrected chi connectivity index (χ4v) is 10.8. The normalized spacial score (nSPS) is 34.1. The van der Waals surface area contributed by atoms with E-state index < -0.39 is 28.7 Å². The van der Waals surface area contributed by atoms with E-state index in [9.17, 15) is 19.5 Å². The van der Waals surface area contributed by atoms with Crippen molar-refractivity contribution in [1.29, 1.82) is 0 Å². The average molecular weight is 612 g/mol. The van der Waals surface area contributed by atoms with Crippen LogP contribution in [0, 0.1) is 17.8 Å². The van der Waals surface area contributed by atoms with Crippen molar-refractivity contribution < 1.29 is 24.2 Å². The van der Waals surface area contributed by atoms with E-state index in [-0.39, 0.29) is 53.0 Å². The number of nitrogens with zero attached hydrogens (tertiary/aromatic N) is 2. The molecular formula is C29H43BrN2O5S. The summed E-state index contributed by atoms with van der Waals surface area (Å²) in [6, 6.07) is -1.13. The van der Waals surface area contributed by atoms with Crippen molar-refractivity contribution in [2.45, 2.75) is 98.2 Å². The van der Waals surface area contributed by atoms with E-state index in [0.717, 1.165) is 32.1 Å². The van der Waals surface area contributed by atoms with Gasteiger partial charge in [-0.2, -0.15) is 0 Å². The van der Waals surface area contributed by atoms with Gasteiger partial charge in [-0.1, -0.05) is 67.6 Å². The molecule has 38 heavy (non-hydrogen) atoms. The summed E-state index contributed by atoms with van der Waals surface area (Å²) in [5.74, 6) is -1.91. The van der Waals surface area contributed by atoms with Gasteiger partial charge in [0.05, 0.1) is 35.8 Å². The van der Waals surface area contributed by atoms with Gasteiger partial charge in [-0.15, -0.1) is 24.9 Å². The fraction of sp³-hybridized carbons (Fsp3) is 0.759. The quantitative estimate of drug-likeness (QED) is 0.153. The SMILES string of the molecule is C=CCCOC(=O)[C@H]1[C@H]2C(=O)N([C@@H](CO)[C@@H](C)CC)C(C(=O)N(CC=C)C3CCCCC3)C23CC(Br)[C@@H]1S3. The first-order valence-electron chi connectivity index (χ1n) is 14.2. The maximum atomic E-state index is 14.7. The molecule has 7 nitrogen and oxygen atoms in total. The Morgan fingerprint density at radius 1 is 1.29 bits per heavy atom. The van der Waals surface area contributed by atoms with E-state index in [2.05, 4.69) is 29.1 Å². The number of thioether (sulfide) groups is 1. The summed E-state index contributed by atoms with van der Waals surface area (Å²) in [4.78, 5) is 46.1. The lowest BCUT2D eigenvalue weighted by Crippen LogP contribution is -2.60. The number of hydrogen-bond acceptors (Lipinski definition) is 6. The van der Waals surface area contributed by atoms with Gasteiger partial charge in [0, 0.05) is 22.7 Å². The zero-order chi connectivity index (χ0) is 27.6. The molecule has 9 heteroatoms. The first-order valence-corrected chi connectivity index (χ1v) is 16.0. The fourth-order valence-electron chi connectivity index (χ4n) is 7.23. The van der Waals surface area contributed by atoms with Crippen LogP contribution < -0.4 is 0 Å². The summed E-state index contributed by atoms with van der Waals surface area (Å²) in [5, 5.41) is 10.4. The number of fused-ring (bicyclic) bond motifs is 1. The average Bonchev–Trinajstić information content (AvgIpc) is 3.51. The summed E-state index contributed by atoms with van der Waals surface area (Å²) in [7, 11) is 0. The van der Waals surface area contributed by atoms with E-state index in [4.69, 9.17) is 4.74 Å². The van der Waals surface area contributed by atoms with E-state index in [1.807, 2.05) is 18.7 Å². The van der Waals surface area contributed by atoms with Crippen LogP contribution in [-0.2, 0) is 19.1 Å². The largest absolute Gasteiger partial charge is 0.465 e. The predicted molar refractivity (Wildman–Crippen MR) is 154 cm³/mol. The number of ether oxygens (including phenoxy) is 1. The molecule has 3 aliphatic heterocycles. The third kappa shape index (κ3) is 5.00. The van der Waals surface area contributed by atoms with Crippen molar-refractivity contribution in [3.05, 3.63) is 25.3 Å². The molecule has 212 valence electrons. The highest BCUT2D eigenvalue weighted by Gasteiger charge is 2.77. The Morgan fingerprint density at radius 3 is 2.61 bits per heavy atom. The summed E-state index contributed by atoms with van der Waals surface area (Å²) in [6.07, 6.45) is 10.6. The minimum Gasteiger partial charge on any atom is -0.465 e. The van der Waals surface area contributed by atoms with Crippen LogP contribution in [0.2, 0.25) is 0 Å². The van der Waals surface area contributed by atoms with Crippen LogP contribution in [-0.4, -0.2) is 85.4 Å². The number of likely N-dealkylation sites (tertiary alicyclic amines) is 1. The van der Waals surface area contributed by atoms with Gasteiger partial charge in [-0.05, 0) is 31.6 Å². The van der Waals surface area contributed by atoms with Crippen molar-refractivity contribution in [2.75, 3.05) is 19.8 Å². The first-order chi connectivity index (χ1) is 18.3. The molecule has 3 unspecified atom stereocenters. The minimum atomic E-state index is -0.746. The zero-order valence-electron chi connectivity index (χ0n) is 22.7. The van der Waals surface area contributed by atoms with Gasteiger partial charge in [-0.25, -0.2) is 0 Å². The number of amides is 2. The van der Waals surface area contributed by atoms with Gasteiger partial charge in [0.15, 0.2) is 0 Å². The van der Waals surface area contributed by atoms with Crippen LogP contribution >= 0.6 is 27.7 Å². The van der Waals surface area contributed by atoms with Crippen LogP contribution in [0.1, 0.15) is 65.2 Å². The highest BCUT2D eigenvalue weighted by molar-refractivity contribution is 9.09. The van der Waals surface area contributed by atoms with E-state index in [1.165, 1.54) is 6.42 Å². The highest BCUT2D eigenvalue weighted by Crippen LogP contribution is 2.68. The molecule has 0 aromatic rings. The lowest BCUT2D eigenvalue weighted by Gasteiger charge is -2.43. The Balaban J connectivity index is 1.78. The molecule has 0 aromatic heterocycles. The predicted octanol–water partition coefficient (Wildman–Crippen LogP) is 4.32. The van der Waals surface area contributed by atoms with Crippen molar-refractivity contribution in [1.82, 2.24) is 9.80 Å². The Kier molecular flexibility index (Phi) is 9.73. The lowest BCUT2D eigenvalue weighted by atomic mass is 9.71. The number of carbonyl (C=O) groups is 3. The number of rotatable bonds is 12. The van der Waals surface area contributed by atoms with Crippen molar-refractivity contribution in [3.63, 3.8) is 0 Å². The number of aliphatic hydroxyl groups excluding tert-OH is 1. The van der Waals surface area contributed by atoms with Crippen molar-refractivity contribution in [2.24, 2.45) is 17.8 Å². The summed E-state index contributed by atoms with van der Waals surface area (Å²) < 4.78 is 4.87. The molecule has 1 aliphatic carbocycles. The van der Waals surface area contributed by atoms with Gasteiger partial charge < -0.3 is 19.6 Å². The maximum Gasteiger partial charge on any atom is 0.310 e. The Bertz CT molecular complexity index is 927. The third-order valence-corrected chi connectivity index (χ3v) is 12.5. The number of aliphatic hydroxyl groups is 1. The molecule has 4 rings (SSSR count). The Morgan fingerprint density at radius 2 is 2.00 bits per heavy atom. The monoisotopic (exact) mass is 610 g/mol. The minimum absolute atomic E-state index is 0.00280. The molecule has 2 amide bonds. The van der Waals surface area contributed by atoms with Crippen LogP contribution in [0.3, 0.4) is 0 Å². The van der Waals surface area contributed by atoms with E-state index in [0.29, 0.717) is 19.4 Å². The van der Waals surface area contributed by atoms with Crippen LogP contribution in [0.4, 0.5) is 0 Å². The highest BCUT2D eigenvalue weighted by atomic mass is 79.9. The first kappa shape index (κ1) is 29.7. The number of esters is 1. The number of carbonyl (C=O) groups excluding carboxylic acids is 3. The molecule has 8 atom stereocenters. The smallest absolute Gasteiger partial charge is 0.310 e. The second-order valence-corrected chi connectivity index (χ2v) is 14.1. The molecule has 4 fully saturated rings. The lowest BCUT2D eigenvalue weighted by molar-refractivity contribution is -0.154. The molecule has 2 bridgehead atoms. The molecule has 3 heterocycles. The standard InChI is InChI=1S/C29H43BrN2O5S/c1-5-8-15-37-28(36)22-23-26(34)32(21(17-33)18(4)7-3)25(29(23)16-20(30)24(22)38-29)27(35)31(14-6-2)19-12-10-9-11-13-19/h5-6,18-25,33H,1-2,7-17H2,3-4H3/t18-,20?,21-,22-,23-,24-,25?,29?/m0/s1. The molecule has 0 aromatic carbocycles. The summed E-state index contributed by atoms with van der Waals surface area (Å²) in [5.41, 5.74) is 0. The van der Waals surface area contributed by atoms with E-state index >= 15 is 0 Å². The maximum absolute atomic E-state index is 14.7. The molecule has 0 radical (unpaired) electrons. The van der Waals surface area contributed by atoms with Crippen molar-refractivity contribution in [3.8, 4) is 0 Å². The molecule has 1 saturated carbocycles. The Labute approximate surface area is 239 Å². The number of alkyl halides is 1. The Hall–Kier alpha value is -1.32. The van der Waals surface area contributed by atoms with Gasteiger partial charge in [-0.3, -0.25) is 14.4 Å². The van der Waals surface area contributed by atoms with E-state index in [1.54, 1.807) is 28.8 Å². The topological polar surface area (TPSA) is 87.1 Å². The van der Waals surface area contributed by atoms with Gasteiger partial charge >= 0.3 is 5.97 Å². The molecule has 1 N–H and O–H groups in total. The molecule has 1 spiro atoms. The third-order valence-electron chi connectivity index (χ3n) is 9.27. The van der Waals surface area contributed by atoms with Crippen LogP contribution in [0.5, 0.6) is 0 Å². The summed E-state index contributed by atoms with van der Waals surface area (Å²) in [6.45, 7) is 12.1. The zero-order valence-corrected chi connectivity index (χ0v) is 25.1. The van der Waals surface area contributed by atoms with Crippen molar-refractivity contribution >= 4 is 45.5 Å². The van der Waals surface area contributed by atoms with Gasteiger partial charge in [0.1, 0.15) is 6.04 Å². The molecule has 3 saturated heterocycles. The van der Waals surface area contributed by atoms with Gasteiger partial charge in [0.2, 0.25) is 11.8 Å². The molecular weight excluding hydrogens is 568 g/mol. The number of halogens is 1. The number of hydrogen-bond donors (Lipinski definition) is 1. The van der Waals surface area contributed by atoms with Gasteiger partial charge in [0.25, 0.3) is 0 Å².